The Labute approximate surface area is 256 Å². The molecule has 2 aromatic rings. The van der Waals surface area contributed by atoms with Crippen molar-refractivity contribution in [2.45, 2.75) is 37.6 Å². The highest BCUT2D eigenvalue weighted by Crippen LogP contribution is 2.55. The van der Waals surface area contributed by atoms with E-state index in [1.54, 1.807) is 6.07 Å². The van der Waals surface area contributed by atoms with Gasteiger partial charge in [0.25, 0.3) is 0 Å². The maximum Gasteiger partial charge on any atom is 0.310 e. The Bertz CT molecular complexity index is 1300. The summed E-state index contributed by atoms with van der Waals surface area (Å²) in [6, 6.07) is 5.69. The predicted molar refractivity (Wildman–Crippen MR) is 161 cm³/mol. The van der Waals surface area contributed by atoms with Crippen LogP contribution in [0.15, 0.2) is 24.3 Å². The SMILES string of the molecule is NCCCNCCCCNCCCNCC(=O)NC1c2cc3c(cc2C(c2cc(O)c(O)c(O)c2)C2C(=O)OCC12)OCO3. The summed E-state index contributed by atoms with van der Waals surface area (Å²) < 4.78 is 16.7. The number of carbonyl (C=O) groups excluding carboxylic acids is 2. The van der Waals surface area contributed by atoms with Gasteiger partial charge in [-0.2, -0.15) is 0 Å². The number of aromatic hydroxyl groups is 3. The molecule has 0 radical (unpaired) electrons. The Balaban J connectivity index is 1.20. The largest absolute Gasteiger partial charge is 0.504 e. The minimum absolute atomic E-state index is 0.0425. The van der Waals surface area contributed by atoms with Crippen LogP contribution in [-0.2, 0) is 14.3 Å². The number of phenolic OH excluding ortho intramolecular Hbond substituents is 3. The Kier molecular flexibility index (Phi) is 10.6. The number of rotatable bonds is 16. The van der Waals surface area contributed by atoms with Crippen molar-refractivity contribution in [1.29, 1.82) is 0 Å². The molecule has 4 unspecified atom stereocenters. The predicted octanol–water partition coefficient (Wildman–Crippen LogP) is 0.912. The maximum atomic E-state index is 13.1. The fourth-order valence-electron chi connectivity index (χ4n) is 6.29. The van der Waals surface area contributed by atoms with Gasteiger partial charge in [-0.3, -0.25) is 9.59 Å². The molecule has 0 spiro atoms. The molecule has 1 fully saturated rings. The van der Waals surface area contributed by atoms with Gasteiger partial charge in [-0.25, -0.2) is 0 Å². The van der Waals surface area contributed by atoms with Crippen molar-refractivity contribution in [1.82, 2.24) is 21.3 Å². The number of carbonyl (C=O) groups is 2. The maximum absolute atomic E-state index is 13.1. The smallest absolute Gasteiger partial charge is 0.310 e. The number of nitrogens with two attached hydrogens (primary N) is 1. The molecule has 0 aromatic heterocycles. The number of hydrogen-bond donors (Lipinski definition) is 8. The van der Waals surface area contributed by atoms with Crippen LogP contribution in [-0.4, -0.2) is 86.4 Å². The summed E-state index contributed by atoms with van der Waals surface area (Å²) in [6.45, 7) is 5.40. The van der Waals surface area contributed by atoms with E-state index >= 15 is 0 Å². The number of amides is 1. The fourth-order valence-corrected chi connectivity index (χ4v) is 6.29. The van der Waals surface area contributed by atoms with Crippen molar-refractivity contribution in [3.63, 3.8) is 0 Å². The van der Waals surface area contributed by atoms with E-state index in [1.807, 2.05) is 6.07 Å². The summed E-state index contributed by atoms with van der Waals surface area (Å²) >= 11 is 0. The average Bonchev–Trinajstić information content (AvgIpc) is 3.63. The summed E-state index contributed by atoms with van der Waals surface area (Å²) in [5, 5.41) is 43.6. The topological polar surface area (TPSA) is 197 Å². The second-order valence-electron chi connectivity index (χ2n) is 11.5. The Morgan fingerprint density at radius 2 is 1.43 bits per heavy atom. The molecular formula is C31H43N5O8. The van der Waals surface area contributed by atoms with Gasteiger partial charge in [0, 0.05) is 11.8 Å². The van der Waals surface area contributed by atoms with Crippen LogP contribution < -0.4 is 36.5 Å². The zero-order valence-corrected chi connectivity index (χ0v) is 24.8. The summed E-state index contributed by atoms with van der Waals surface area (Å²) in [5.74, 6) is -3.06. The molecule has 4 atom stereocenters. The number of hydrogen-bond acceptors (Lipinski definition) is 12. The molecule has 2 heterocycles. The Hall–Kier alpha value is -3.78. The van der Waals surface area contributed by atoms with E-state index in [4.69, 9.17) is 19.9 Å². The van der Waals surface area contributed by atoms with Crippen molar-refractivity contribution in [3.8, 4) is 28.7 Å². The highest BCUT2D eigenvalue weighted by Gasteiger charge is 2.53. The van der Waals surface area contributed by atoms with Gasteiger partial charge in [0.05, 0.1) is 25.1 Å². The van der Waals surface area contributed by atoms with E-state index in [2.05, 4.69) is 21.3 Å². The van der Waals surface area contributed by atoms with Crippen LogP contribution >= 0.6 is 0 Å². The number of ether oxygens (including phenoxy) is 3. The van der Waals surface area contributed by atoms with Crippen LogP contribution in [0.4, 0.5) is 0 Å². The molecule has 1 amide bonds. The Morgan fingerprint density at radius 3 is 2.11 bits per heavy atom. The highest BCUT2D eigenvalue weighted by molar-refractivity contribution is 5.81. The van der Waals surface area contributed by atoms with E-state index in [1.165, 1.54) is 12.1 Å². The van der Waals surface area contributed by atoms with Gasteiger partial charge >= 0.3 is 5.97 Å². The number of fused-ring (bicyclic) bond motifs is 3. The summed E-state index contributed by atoms with van der Waals surface area (Å²) in [6.07, 6.45) is 4.08. The number of phenols is 3. The monoisotopic (exact) mass is 613 g/mol. The van der Waals surface area contributed by atoms with E-state index < -0.39 is 47.0 Å². The molecule has 240 valence electrons. The van der Waals surface area contributed by atoms with Gasteiger partial charge in [0.15, 0.2) is 28.7 Å². The standard InChI is InChI=1S/C31H43N5O8/c32-5-3-8-33-6-1-2-7-34-9-4-10-35-15-26(39)36-29-20-14-25-24(43-17-44-25)13-19(20)27(28-21(29)16-42-31(28)41)18-11-22(37)30(40)23(38)12-18/h11-14,21,27-29,33-35,37-38,40H,1-10,15-17,32H2,(H,36,39). The number of nitrogens with one attached hydrogen (secondary N) is 4. The molecule has 5 rings (SSSR count). The number of unbranched alkanes of at least 4 members (excludes halogenated alkanes) is 1. The second-order valence-corrected chi connectivity index (χ2v) is 11.5. The first-order chi connectivity index (χ1) is 21.4. The van der Waals surface area contributed by atoms with Gasteiger partial charge in [-0.1, -0.05) is 0 Å². The lowest BCUT2D eigenvalue weighted by molar-refractivity contribution is -0.141. The Morgan fingerprint density at radius 1 is 0.818 bits per heavy atom. The van der Waals surface area contributed by atoms with Gasteiger partial charge in [0.1, 0.15) is 0 Å². The molecule has 2 aliphatic heterocycles. The minimum Gasteiger partial charge on any atom is -0.504 e. The van der Waals surface area contributed by atoms with Crippen LogP contribution in [0.2, 0.25) is 0 Å². The summed E-state index contributed by atoms with van der Waals surface area (Å²) in [5.41, 5.74) is 7.32. The highest BCUT2D eigenvalue weighted by atomic mass is 16.7. The first-order valence-corrected chi connectivity index (χ1v) is 15.4. The molecule has 1 aliphatic carbocycles. The van der Waals surface area contributed by atoms with Crippen molar-refractivity contribution in [3.05, 3.63) is 41.0 Å². The zero-order valence-electron chi connectivity index (χ0n) is 24.8. The van der Waals surface area contributed by atoms with E-state index in [0.29, 0.717) is 35.7 Å². The molecule has 9 N–H and O–H groups in total. The van der Waals surface area contributed by atoms with Crippen LogP contribution in [0.1, 0.15) is 54.3 Å². The molecule has 2 aromatic carbocycles. The minimum atomic E-state index is -0.711. The third-order valence-electron chi connectivity index (χ3n) is 8.46. The van der Waals surface area contributed by atoms with E-state index in [-0.39, 0.29) is 25.9 Å². The number of benzene rings is 2. The molecular weight excluding hydrogens is 570 g/mol. The van der Waals surface area contributed by atoms with Crippen molar-refractivity contribution < 1.29 is 39.1 Å². The first-order valence-electron chi connectivity index (χ1n) is 15.4. The third-order valence-corrected chi connectivity index (χ3v) is 8.46. The van der Waals surface area contributed by atoms with Crippen LogP contribution in [0, 0.1) is 11.8 Å². The molecule has 3 aliphatic rings. The van der Waals surface area contributed by atoms with Crippen molar-refractivity contribution >= 4 is 11.9 Å². The molecule has 13 heteroatoms. The molecule has 0 bridgehead atoms. The first kappa shape index (κ1) is 31.6. The second kappa shape index (κ2) is 14.8. The van der Waals surface area contributed by atoms with E-state index in [0.717, 1.165) is 57.4 Å². The number of cyclic esters (lactones) is 1. The zero-order chi connectivity index (χ0) is 31.1. The average molecular weight is 614 g/mol. The van der Waals surface area contributed by atoms with Crippen LogP contribution in [0.5, 0.6) is 28.7 Å². The summed E-state index contributed by atoms with van der Waals surface area (Å²) in [7, 11) is 0. The quantitative estimate of drug-likeness (QED) is 0.0758. The third kappa shape index (κ3) is 7.12. The van der Waals surface area contributed by atoms with Crippen LogP contribution in [0.25, 0.3) is 0 Å². The van der Waals surface area contributed by atoms with Crippen LogP contribution in [0.3, 0.4) is 0 Å². The lowest BCUT2D eigenvalue weighted by Gasteiger charge is -2.39. The fraction of sp³-hybridized carbons (Fsp3) is 0.548. The van der Waals surface area contributed by atoms with Gasteiger partial charge in [0.2, 0.25) is 12.7 Å². The molecule has 1 saturated heterocycles. The van der Waals surface area contributed by atoms with Gasteiger partial charge < -0.3 is 56.5 Å². The van der Waals surface area contributed by atoms with Gasteiger partial charge in [-0.15, -0.1) is 0 Å². The number of esters is 1. The summed E-state index contributed by atoms with van der Waals surface area (Å²) in [4.78, 5) is 26.2. The molecule has 44 heavy (non-hydrogen) atoms. The van der Waals surface area contributed by atoms with Crippen molar-refractivity contribution in [2.24, 2.45) is 17.6 Å². The molecule has 13 nitrogen and oxygen atoms in total. The van der Waals surface area contributed by atoms with Gasteiger partial charge in [-0.05, 0) is 106 Å². The lowest BCUT2D eigenvalue weighted by Crippen LogP contribution is -2.45. The molecule has 0 saturated carbocycles. The normalized spacial score (nSPS) is 21.5. The van der Waals surface area contributed by atoms with Crippen molar-refractivity contribution in [2.75, 3.05) is 59.2 Å². The van der Waals surface area contributed by atoms with E-state index in [9.17, 15) is 24.9 Å². The lowest BCUT2D eigenvalue weighted by atomic mass is 9.65.